The molecule has 9 heteroatoms. The summed E-state index contributed by atoms with van der Waals surface area (Å²) in [5, 5.41) is 14.0. The lowest BCUT2D eigenvalue weighted by Crippen LogP contribution is -2.45. The Morgan fingerprint density at radius 2 is 0.707 bits per heavy atom. The summed E-state index contributed by atoms with van der Waals surface area (Å²) in [6.07, 6.45) is 88.1. The van der Waals surface area contributed by atoms with Crippen molar-refractivity contribution in [3.05, 3.63) is 60.8 Å². The normalized spacial score (nSPS) is 14.0. The predicted molar refractivity (Wildman–Crippen MR) is 360 cm³/mol. The number of aliphatic hydroxyl groups excluding tert-OH is 1. The smallest absolute Gasteiger partial charge is 0.387 e. The number of carbonyl (C=O) groups excluding carboxylic acids is 1. The topological polar surface area (TPSA) is 105 Å². The number of hydrogen-bond acceptors (Lipinski definition) is 5. The molecule has 1 amide bonds. The largest absolute Gasteiger partial charge is 0.472 e. The number of quaternary nitrogens is 1. The number of unbranched alkanes of at least 4 members (excludes halogenated alkanes) is 45. The van der Waals surface area contributed by atoms with Gasteiger partial charge in [0.2, 0.25) is 5.91 Å². The van der Waals surface area contributed by atoms with Gasteiger partial charge in [-0.15, -0.1) is 0 Å². The van der Waals surface area contributed by atoms with Gasteiger partial charge < -0.3 is 19.8 Å². The van der Waals surface area contributed by atoms with Crippen LogP contribution in [0, 0.1) is 0 Å². The van der Waals surface area contributed by atoms with Gasteiger partial charge in [0.05, 0.1) is 39.9 Å². The Kier molecular flexibility index (Phi) is 62.3. The first-order valence-corrected chi connectivity index (χ1v) is 37.2. The van der Waals surface area contributed by atoms with Crippen molar-refractivity contribution in [3.8, 4) is 0 Å². The number of rotatable bonds is 66. The number of carbonyl (C=O) groups is 1. The van der Waals surface area contributed by atoms with E-state index in [1.807, 2.05) is 27.2 Å². The zero-order valence-corrected chi connectivity index (χ0v) is 56.1. The molecule has 0 aromatic rings. The van der Waals surface area contributed by atoms with Gasteiger partial charge in [-0.2, -0.15) is 0 Å². The van der Waals surface area contributed by atoms with Crippen molar-refractivity contribution < 1.29 is 32.9 Å². The second-order valence-electron chi connectivity index (χ2n) is 25.6. The van der Waals surface area contributed by atoms with Crippen molar-refractivity contribution in [2.24, 2.45) is 0 Å². The van der Waals surface area contributed by atoms with Gasteiger partial charge in [-0.3, -0.25) is 13.8 Å². The lowest BCUT2D eigenvalue weighted by molar-refractivity contribution is -0.870. The van der Waals surface area contributed by atoms with Crippen LogP contribution in [-0.4, -0.2) is 73.4 Å². The molecule has 82 heavy (non-hydrogen) atoms. The van der Waals surface area contributed by atoms with Crippen molar-refractivity contribution in [3.63, 3.8) is 0 Å². The summed E-state index contributed by atoms with van der Waals surface area (Å²) in [4.78, 5) is 23.4. The number of nitrogens with one attached hydrogen (secondary N) is 1. The number of phosphoric ester groups is 1. The molecule has 0 bridgehead atoms. The molecule has 0 radical (unpaired) electrons. The molecule has 0 rings (SSSR count). The van der Waals surface area contributed by atoms with Gasteiger partial charge in [0.1, 0.15) is 13.2 Å². The molecule has 0 aliphatic rings. The van der Waals surface area contributed by atoms with Crippen LogP contribution in [-0.2, 0) is 18.4 Å². The van der Waals surface area contributed by atoms with Gasteiger partial charge in [-0.05, 0) is 77.0 Å². The number of allylic oxidation sites excluding steroid dienone is 9. The fourth-order valence-corrected chi connectivity index (χ4v) is 11.4. The van der Waals surface area contributed by atoms with E-state index >= 15 is 0 Å². The summed E-state index contributed by atoms with van der Waals surface area (Å²) in [6, 6.07) is -0.872. The van der Waals surface area contributed by atoms with E-state index in [9.17, 15) is 19.4 Å². The Morgan fingerprint density at radius 3 is 1.05 bits per heavy atom. The van der Waals surface area contributed by atoms with E-state index in [0.717, 1.165) is 51.4 Å². The molecule has 3 N–H and O–H groups in total. The monoisotopic (exact) mass is 1170 g/mol. The number of amides is 1. The Balaban J connectivity index is 4.10. The summed E-state index contributed by atoms with van der Waals surface area (Å²) in [5.74, 6) is -0.186. The van der Waals surface area contributed by atoms with Crippen LogP contribution in [0.2, 0.25) is 0 Å². The number of hydrogen-bond donors (Lipinski definition) is 3. The minimum atomic E-state index is -4.37. The van der Waals surface area contributed by atoms with E-state index in [1.165, 1.54) is 276 Å². The Labute approximate surface area is 511 Å². The molecular weight excluding hydrogens is 1030 g/mol. The SMILES string of the molecule is CCCCCCC/C=C\C/C=C\CCCCCCCCCCCCCCCCCCCCCC(=O)NC(COP(=O)(O)OCC[N+](C)(C)C)C(O)/C=C/CC/C=C/CC/C=C/CCCCCCCCCCCCCCCCCCCCC. The first-order valence-electron chi connectivity index (χ1n) is 35.7. The molecule has 0 heterocycles. The molecule has 0 aromatic carbocycles. The van der Waals surface area contributed by atoms with Gasteiger partial charge in [0.25, 0.3) is 0 Å². The lowest BCUT2D eigenvalue weighted by Gasteiger charge is -2.25. The molecular formula is C73H140N2O6P+. The van der Waals surface area contributed by atoms with E-state index in [-0.39, 0.29) is 19.1 Å². The summed E-state index contributed by atoms with van der Waals surface area (Å²) in [6.45, 7) is 4.82. The molecule has 3 atom stereocenters. The van der Waals surface area contributed by atoms with Gasteiger partial charge in [0.15, 0.2) is 0 Å². The second-order valence-corrected chi connectivity index (χ2v) is 27.0. The molecule has 0 saturated carbocycles. The molecule has 0 saturated heterocycles. The highest BCUT2D eigenvalue weighted by atomic mass is 31.2. The highest BCUT2D eigenvalue weighted by Gasteiger charge is 2.28. The number of phosphoric acid groups is 1. The van der Waals surface area contributed by atoms with Crippen LogP contribution < -0.4 is 5.32 Å². The van der Waals surface area contributed by atoms with Gasteiger partial charge in [0, 0.05) is 6.42 Å². The fraction of sp³-hybridized carbons (Fsp3) is 0.849. The third-order valence-corrected chi connectivity index (χ3v) is 17.2. The van der Waals surface area contributed by atoms with Crippen LogP contribution in [0.15, 0.2) is 60.8 Å². The molecule has 0 aliphatic heterocycles. The zero-order valence-electron chi connectivity index (χ0n) is 55.2. The van der Waals surface area contributed by atoms with Crippen molar-refractivity contribution in [2.45, 2.75) is 360 Å². The molecule has 3 unspecified atom stereocenters. The lowest BCUT2D eigenvalue weighted by atomic mass is 10.0. The fourth-order valence-electron chi connectivity index (χ4n) is 10.6. The average Bonchev–Trinajstić information content (AvgIpc) is 3.47. The highest BCUT2D eigenvalue weighted by molar-refractivity contribution is 7.47. The van der Waals surface area contributed by atoms with Crippen LogP contribution in [0.3, 0.4) is 0 Å². The first kappa shape index (κ1) is 80.2. The Morgan fingerprint density at radius 1 is 0.415 bits per heavy atom. The summed E-state index contributed by atoms with van der Waals surface area (Å²) in [7, 11) is 1.56. The second kappa shape index (κ2) is 63.7. The van der Waals surface area contributed by atoms with Gasteiger partial charge in [-0.25, -0.2) is 4.57 Å². The zero-order chi connectivity index (χ0) is 59.8. The van der Waals surface area contributed by atoms with Crippen LogP contribution in [0.25, 0.3) is 0 Å². The molecule has 482 valence electrons. The van der Waals surface area contributed by atoms with E-state index in [2.05, 4.69) is 67.8 Å². The standard InChI is InChI=1S/C73H139N2O6P/c1-6-8-10-12-14-16-18-20-22-24-26-28-30-32-34-36-37-39-41-43-45-47-49-51-53-55-57-59-61-63-65-67-73(77)74-71(70-81-82(78,79)80-69-68-75(3,4)5)72(76)66-64-62-60-58-56-54-52-50-48-46-44-42-40-38-35-33-31-29-27-25-23-21-19-17-15-13-11-9-7-2/h18,20,24,26,48,50,56,58,64,66,71-72,76H,6-17,19,21-23,25,27-47,49,51-55,57,59-63,65,67-70H2,1-5H3,(H-,74,77,78,79)/p+1/b20-18-,26-24-,50-48+,58-56+,66-64+. The number of aliphatic hydroxyl groups is 1. The molecule has 0 aliphatic carbocycles. The van der Waals surface area contributed by atoms with Crippen molar-refractivity contribution in [1.29, 1.82) is 0 Å². The van der Waals surface area contributed by atoms with Crippen LogP contribution in [0.5, 0.6) is 0 Å². The number of nitrogens with zero attached hydrogens (tertiary/aromatic N) is 1. The summed E-state index contributed by atoms with van der Waals surface area (Å²) < 4.78 is 23.8. The minimum absolute atomic E-state index is 0.0535. The van der Waals surface area contributed by atoms with Crippen molar-refractivity contribution >= 4 is 13.7 Å². The quantitative estimate of drug-likeness (QED) is 0.0243. The van der Waals surface area contributed by atoms with E-state index in [4.69, 9.17) is 9.05 Å². The minimum Gasteiger partial charge on any atom is -0.387 e. The molecule has 0 aromatic heterocycles. The molecule has 8 nitrogen and oxygen atoms in total. The van der Waals surface area contributed by atoms with Gasteiger partial charge in [-0.1, -0.05) is 325 Å². The maximum atomic E-state index is 13.1. The van der Waals surface area contributed by atoms with Crippen molar-refractivity contribution in [1.82, 2.24) is 5.32 Å². The van der Waals surface area contributed by atoms with Crippen LogP contribution >= 0.6 is 7.82 Å². The molecule has 0 spiro atoms. The Hall–Kier alpha value is -1.80. The summed E-state index contributed by atoms with van der Waals surface area (Å²) >= 11 is 0. The maximum absolute atomic E-state index is 13.1. The summed E-state index contributed by atoms with van der Waals surface area (Å²) in [5.41, 5.74) is 0. The van der Waals surface area contributed by atoms with E-state index in [1.54, 1.807) is 6.08 Å². The van der Waals surface area contributed by atoms with Crippen molar-refractivity contribution in [2.75, 3.05) is 40.9 Å². The Bertz CT molecular complexity index is 1520. The highest BCUT2D eigenvalue weighted by Crippen LogP contribution is 2.43. The maximum Gasteiger partial charge on any atom is 0.472 e. The van der Waals surface area contributed by atoms with Crippen LogP contribution in [0.4, 0.5) is 0 Å². The van der Waals surface area contributed by atoms with E-state index < -0.39 is 20.0 Å². The third kappa shape index (κ3) is 65.7. The third-order valence-electron chi connectivity index (χ3n) is 16.2. The van der Waals surface area contributed by atoms with Crippen LogP contribution in [0.1, 0.15) is 348 Å². The molecule has 0 fully saturated rings. The average molecular weight is 1170 g/mol. The van der Waals surface area contributed by atoms with Gasteiger partial charge >= 0.3 is 7.82 Å². The number of likely N-dealkylation sites (N-methyl/N-ethyl adjacent to an activating group) is 1. The first-order chi connectivity index (χ1) is 40.0. The van der Waals surface area contributed by atoms with E-state index in [0.29, 0.717) is 17.4 Å². The predicted octanol–water partition coefficient (Wildman–Crippen LogP) is 22.8.